The van der Waals surface area contributed by atoms with Gasteiger partial charge in [0.2, 0.25) is 0 Å². The van der Waals surface area contributed by atoms with Crippen molar-refractivity contribution in [1.82, 2.24) is 15.2 Å². The number of hydrogen-bond donors (Lipinski definition) is 1. The third kappa shape index (κ3) is 4.84. The standard InChI is InChI=1S/C17H26N4O3/c1-3-5-7-19-16(22)14-6-8-18-15(13-14)20-9-11-21(12-10-20)17(23)24-4-2/h6,8,13H,3-5,7,9-12H2,1-2H3,(H,19,22). The van der Waals surface area contributed by atoms with Crippen LogP contribution >= 0.6 is 0 Å². The summed E-state index contributed by atoms with van der Waals surface area (Å²) in [5, 5.41) is 2.91. The first-order valence-corrected chi connectivity index (χ1v) is 8.56. The molecular weight excluding hydrogens is 308 g/mol. The Morgan fingerprint density at radius 2 is 2.00 bits per heavy atom. The fourth-order valence-electron chi connectivity index (χ4n) is 2.55. The number of nitrogens with one attached hydrogen (secondary N) is 1. The Balaban J connectivity index is 1.92. The lowest BCUT2D eigenvalue weighted by Gasteiger charge is -2.34. The number of amides is 2. The highest BCUT2D eigenvalue weighted by atomic mass is 16.6. The Kier molecular flexibility index (Phi) is 6.84. The quantitative estimate of drug-likeness (QED) is 0.804. The van der Waals surface area contributed by atoms with Gasteiger partial charge in [-0.15, -0.1) is 0 Å². The Morgan fingerprint density at radius 3 is 2.67 bits per heavy atom. The van der Waals surface area contributed by atoms with Gasteiger partial charge in [0.1, 0.15) is 5.82 Å². The average molecular weight is 334 g/mol. The largest absolute Gasteiger partial charge is 0.450 e. The van der Waals surface area contributed by atoms with Crippen LogP contribution < -0.4 is 10.2 Å². The summed E-state index contributed by atoms with van der Waals surface area (Å²) < 4.78 is 5.02. The first-order valence-electron chi connectivity index (χ1n) is 8.56. The van der Waals surface area contributed by atoms with E-state index in [-0.39, 0.29) is 12.0 Å². The van der Waals surface area contributed by atoms with E-state index in [2.05, 4.69) is 22.1 Å². The maximum absolute atomic E-state index is 12.1. The van der Waals surface area contributed by atoms with Crippen LogP contribution in [0.15, 0.2) is 18.3 Å². The summed E-state index contributed by atoms with van der Waals surface area (Å²) >= 11 is 0. The number of carbonyl (C=O) groups is 2. The Labute approximate surface area is 143 Å². The van der Waals surface area contributed by atoms with Crippen molar-refractivity contribution in [3.8, 4) is 0 Å². The minimum Gasteiger partial charge on any atom is -0.450 e. The van der Waals surface area contributed by atoms with Gasteiger partial charge in [0, 0.05) is 44.5 Å². The van der Waals surface area contributed by atoms with Crippen LogP contribution in [-0.2, 0) is 4.74 Å². The third-order valence-corrected chi connectivity index (χ3v) is 3.95. The average Bonchev–Trinajstić information content (AvgIpc) is 2.62. The number of hydrogen-bond acceptors (Lipinski definition) is 5. The minimum atomic E-state index is -0.269. The monoisotopic (exact) mass is 334 g/mol. The second-order valence-electron chi connectivity index (χ2n) is 5.69. The molecule has 2 rings (SSSR count). The second-order valence-corrected chi connectivity index (χ2v) is 5.69. The van der Waals surface area contributed by atoms with E-state index < -0.39 is 0 Å². The highest BCUT2D eigenvalue weighted by molar-refractivity contribution is 5.94. The molecule has 0 aromatic carbocycles. The molecule has 0 spiro atoms. The normalized spacial score (nSPS) is 14.4. The van der Waals surface area contributed by atoms with Crippen molar-refractivity contribution >= 4 is 17.8 Å². The van der Waals surface area contributed by atoms with Gasteiger partial charge >= 0.3 is 6.09 Å². The number of pyridine rings is 1. The van der Waals surface area contributed by atoms with Crippen LogP contribution in [0.25, 0.3) is 0 Å². The van der Waals surface area contributed by atoms with E-state index in [1.165, 1.54) is 0 Å². The molecule has 1 aromatic rings. The van der Waals surface area contributed by atoms with E-state index in [9.17, 15) is 9.59 Å². The van der Waals surface area contributed by atoms with E-state index >= 15 is 0 Å². The van der Waals surface area contributed by atoms with Crippen molar-refractivity contribution in [3.05, 3.63) is 23.9 Å². The smallest absolute Gasteiger partial charge is 0.409 e. The summed E-state index contributed by atoms with van der Waals surface area (Å²) in [5.74, 6) is 0.693. The van der Waals surface area contributed by atoms with Crippen molar-refractivity contribution in [3.63, 3.8) is 0 Å². The minimum absolute atomic E-state index is 0.0720. The molecule has 0 unspecified atom stereocenters. The van der Waals surface area contributed by atoms with E-state index in [1.807, 2.05) is 0 Å². The van der Waals surface area contributed by atoms with Crippen molar-refractivity contribution in [2.75, 3.05) is 44.2 Å². The van der Waals surface area contributed by atoms with Crippen LogP contribution in [0.2, 0.25) is 0 Å². The highest BCUT2D eigenvalue weighted by Crippen LogP contribution is 2.15. The molecular formula is C17H26N4O3. The Hall–Kier alpha value is -2.31. The van der Waals surface area contributed by atoms with E-state index in [4.69, 9.17) is 4.74 Å². The zero-order chi connectivity index (χ0) is 17.4. The maximum Gasteiger partial charge on any atom is 0.409 e. The second kappa shape index (κ2) is 9.10. The molecule has 1 N–H and O–H groups in total. The molecule has 7 nitrogen and oxygen atoms in total. The number of anilines is 1. The van der Waals surface area contributed by atoms with Gasteiger partial charge in [-0.25, -0.2) is 9.78 Å². The maximum atomic E-state index is 12.1. The molecule has 2 heterocycles. The van der Waals surface area contributed by atoms with Gasteiger partial charge in [-0.1, -0.05) is 13.3 Å². The summed E-state index contributed by atoms with van der Waals surface area (Å²) in [6.07, 6.45) is 3.41. The fourth-order valence-corrected chi connectivity index (χ4v) is 2.55. The van der Waals surface area contributed by atoms with Crippen molar-refractivity contribution in [2.24, 2.45) is 0 Å². The fraction of sp³-hybridized carbons (Fsp3) is 0.588. The highest BCUT2D eigenvalue weighted by Gasteiger charge is 2.23. The molecule has 1 fully saturated rings. The molecule has 0 radical (unpaired) electrons. The number of piperazine rings is 1. The Bertz CT molecular complexity index is 557. The molecule has 1 aliphatic heterocycles. The molecule has 1 saturated heterocycles. The molecule has 1 aliphatic rings. The topological polar surface area (TPSA) is 74.8 Å². The number of unbranched alkanes of at least 4 members (excludes halogenated alkanes) is 1. The lowest BCUT2D eigenvalue weighted by Crippen LogP contribution is -2.49. The van der Waals surface area contributed by atoms with Gasteiger partial charge in [-0.05, 0) is 25.5 Å². The molecule has 0 bridgehead atoms. The van der Waals surface area contributed by atoms with Gasteiger partial charge in [-0.3, -0.25) is 4.79 Å². The van der Waals surface area contributed by atoms with Crippen LogP contribution in [0, 0.1) is 0 Å². The number of rotatable bonds is 6. The zero-order valence-electron chi connectivity index (χ0n) is 14.5. The summed E-state index contributed by atoms with van der Waals surface area (Å²) in [4.78, 5) is 32.0. The van der Waals surface area contributed by atoms with Crippen LogP contribution in [0.4, 0.5) is 10.6 Å². The van der Waals surface area contributed by atoms with E-state index in [0.29, 0.717) is 44.9 Å². The first-order chi connectivity index (χ1) is 11.7. The molecule has 0 atom stereocenters. The number of aromatic nitrogens is 1. The molecule has 132 valence electrons. The number of ether oxygens (including phenoxy) is 1. The Morgan fingerprint density at radius 1 is 1.25 bits per heavy atom. The first kappa shape index (κ1) is 18.0. The van der Waals surface area contributed by atoms with Crippen LogP contribution in [0.5, 0.6) is 0 Å². The number of carbonyl (C=O) groups excluding carboxylic acids is 2. The SMILES string of the molecule is CCCCNC(=O)c1ccnc(N2CCN(C(=O)OCC)CC2)c1. The van der Waals surface area contributed by atoms with Crippen LogP contribution in [0.3, 0.4) is 0 Å². The summed E-state index contributed by atoms with van der Waals surface area (Å²) in [6, 6.07) is 3.53. The molecule has 0 saturated carbocycles. The van der Waals surface area contributed by atoms with Crippen molar-refractivity contribution in [1.29, 1.82) is 0 Å². The van der Waals surface area contributed by atoms with Gasteiger partial charge in [0.15, 0.2) is 0 Å². The summed E-state index contributed by atoms with van der Waals surface area (Å²) in [5.41, 5.74) is 0.615. The van der Waals surface area contributed by atoms with Gasteiger partial charge in [-0.2, -0.15) is 0 Å². The summed E-state index contributed by atoms with van der Waals surface area (Å²) in [6.45, 7) is 7.49. The molecule has 0 aliphatic carbocycles. The molecule has 1 aromatic heterocycles. The third-order valence-electron chi connectivity index (χ3n) is 3.95. The molecule has 2 amide bonds. The lowest BCUT2D eigenvalue weighted by molar-refractivity contribution is 0.0953. The van der Waals surface area contributed by atoms with Gasteiger partial charge in [0.25, 0.3) is 5.91 Å². The van der Waals surface area contributed by atoms with Gasteiger partial charge in [0.05, 0.1) is 6.61 Å². The summed E-state index contributed by atoms with van der Waals surface area (Å²) in [7, 11) is 0. The molecule has 7 heteroatoms. The van der Waals surface area contributed by atoms with Crippen LogP contribution in [-0.4, -0.2) is 61.2 Å². The van der Waals surface area contributed by atoms with Crippen LogP contribution in [0.1, 0.15) is 37.0 Å². The number of nitrogens with zero attached hydrogens (tertiary/aromatic N) is 3. The predicted molar refractivity (Wildman–Crippen MR) is 92.3 cm³/mol. The predicted octanol–water partition coefficient (Wildman–Crippen LogP) is 1.89. The van der Waals surface area contributed by atoms with E-state index in [0.717, 1.165) is 18.7 Å². The van der Waals surface area contributed by atoms with Gasteiger partial charge < -0.3 is 19.9 Å². The van der Waals surface area contributed by atoms with Crippen molar-refractivity contribution in [2.45, 2.75) is 26.7 Å². The van der Waals surface area contributed by atoms with Crippen molar-refractivity contribution < 1.29 is 14.3 Å². The molecule has 24 heavy (non-hydrogen) atoms. The van der Waals surface area contributed by atoms with E-state index in [1.54, 1.807) is 30.2 Å². The zero-order valence-corrected chi connectivity index (χ0v) is 14.5. The lowest BCUT2D eigenvalue weighted by atomic mass is 10.2.